The van der Waals surface area contributed by atoms with Crippen LogP contribution >= 0.6 is 11.6 Å². The largest absolute Gasteiger partial charge is 0.393 e. The van der Waals surface area contributed by atoms with Crippen molar-refractivity contribution in [2.45, 2.75) is 25.0 Å². The van der Waals surface area contributed by atoms with E-state index in [1.165, 1.54) is 6.33 Å². The van der Waals surface area contributed by atoms with E-state index < -0.39 is 0 Å². The van der Waals surface area contributed by atoms with E-state index in [4.69, 9.17) is 11.6 Å². The normalized spacial score (nSPS) is 23.7. The molecule has 7 heteroatoms. The van der Waals surface area contributed by atoms with Gasteiger partial charge in [0.1, 0.15) is 12.2 Å². The first-order chi connectivity index (χ1) is 11.6. The van der Waals surface area contributed by atoms with Gasteiger partial charge in [-0.25, -0.2) is 15.0 Å². The molecule has 1 aromatic carbocycles. The van der Waals surface area contributed by atoms with Crippen LogP contribution in [-0.4, -0.2) is 37.2 Å². The van der Waals surface area contributed by atoms with Gasteiger partial charge in [0, 0.05) is 16.6 Å². The maximum absolute atomic E-state index is 9.87. The van der Waals surface area contributed by atoms with Crippen LogP contribution in [0, 0.1) is 12.8 Å². The fourth-order valence-electron chi connectivity index (χ4n) is 3.09. The maximum Gasteiger partial charge on any atom is 0.163 e. The van der Waals surface area contributed by atoms with E-state index in [0.717, 1.165) is 12.0 Å². The molecule has 3 atom stereocenters. The van der Waals surface area contributed by atoms with Gasteiger partial charge in [0.25, 0.3) is 0 Å². The van der Waals surface area contributed by atoms with Crippen LogP contribution in [0.15, 0.2) is 30.6 Å². The van der Waals surface area contributed by atoms with E-state index in [1.807, 2.05) is 24.3 Å². The van der Waals surface area contributed by atoms with Crippen LogP contribution < -0.4 is 5.32 Å². The van der Waals surface area contributed by atoms with Crippen molar-refractivity contribution in [1.29, 1.82) is 0 Å². The smallest absolute Gasteiger partial charge is 0.163 e. The van der Waals surface area contributed by atoms with Crippen LogP contribution in [0.4, 0.5) is 5.82 Å². The van der Waals surface area contributed by atoms with E-state index >= 15 is 0 Å². The maximum atomic E-state index is 9.87. The van der Waals surface area contributed by atoms with Crippen LogP contribution in [0.5, 0.6) is 0 Å². The molecule has 1 radical (unpaired) electrons. The molecule has 0 bridgehead atoms. The van der Waals surface area contributed by atoms with Crippen molar-refractivity contribution >= 4 is 28.6 Å². The Labute approximate surface area is 144 Å². The summed E-state index contributed by atoms with van der Waals surface area (Å²) < 4.78 is 0. The number of hydrogen-bond donors (Lipinski definition) is 3. The third kappa shape index (κ3) is 2.83. The van der Waals surface area contributed by atoms with Crippen molar-refractivity contribution in [3.8, 4) is 11.4 Å². The SMILES string of the molecule is [CH2][C@H]1C[C@@H](Nc2ncnc3[nH]c(-c4ccc(Cl)cc4)nc23)C[C@@H]1O. The zero-order chi connectivity index (χ0) is 16.7. The molecule has 1 aliphatic rings. The van der Waals surface area contributed by atoms with Crippen molar-refractivity contribution in [2.75, 3.05) is 5.32 Å². The topological polar surface area (TPSA) is 86.7 Å². The van der Waals surface area contributed by atoms with Crippen molar-refractivity contribution in [2.24, 2.45) is 5.92 Å². The molecule has 1 aliphatic carbocycles. The Kier molecular flexibility index (Phi) is 3.86. The number of aromatic nitrogens is 4. The summed E-state index contributed by atoms with van der Waals surface area (Å²) >= 11 is 5.93. The molecule has 6 nitrogen and oxygen atoms in total. The van der Waals surface area contributed by atoms with E-state index in [9.17, 15) is 5.11 Å². The fourth-order valence-corrected chi connectivity index (χ4v) is 3.22. The Hall–Kier alpha value is -2.18. The van der Waals surface area contributed by atoms with Gasteiger partial charge in [0.05, 0.1) is 6.10 Å². The average Bonchev–Trinajstić information content (AvgIpc) is 3.13. The number of fused-ring (bicyclic) bond motifs is 1. The minimum absolute atomic E-state index is 0.0450. The average molecular weight is 343 g/mol. The number of anilines is 1. The van der Waals surface area contributed by atoms with Crippen molar-refractivity contribution in [3.05, 3.63) is 42.5 Å². The third-order valence-electron chi connectivity index (χ3n) is 4.40. The van der Waals surface area contributed by atoms with E-state index in [0.29, 0.717) is 34.2 Å². The summed E-state index contributed by atoms with van der Waals surface area (Å²) in [5.41, 5.74) is 2.28. The molecule has 4 rings (SSSR count). The predicted molar refractivity (Wildman–Crippen MR) is 93.6 cm³/mol. The first kappa shape index (κ1) is 15.4. The summed E-state index contributed by atoms with van der Waals surface area (Å²) in [5, 5.41) is 13.9. The van der Waals surface area contributed by atoms with Gasteiger partial charge in [-0.1, -0.05) is 11.6 Å². The summed E-state index contributed by atoms with van der Waals surface area (Å²) in [6, 6.07) is 7.59. The monoisotopic (exact) mass is 342 g/mol. The van der Waals surface area contributed by atoms with Gasteiger partial charge in [-0.15, -0.1) is 0 Å². The Morgan fingerprint density at radius 3 is 2.71 bits per heavy atom. The van der Waals surface area contributed by atoms with E-state index in [1.54, 1.807) is 0 Å². The Bertz CT molecular complexity index is 853. The lowest BCUT2D eigenvalue weighted by molar-refractivity contribution is 0.151. The minimum Gasteiger partial charge on any atom is -0.393 e. The van der Waals surface area contributed by atoms with Crippen molar-refractivity contribution in [1.82, 2.24) is 19.9 Å². The van der Waals surface area contributed by atoms with Gasteiger partial charge in [-0.05, 0) is 49.9 Å². The molecule has 2 heterocycles. The third-order valence-corrected chi connectivity index (χ3v) is 4.65. The highest BCUT2D eigenvalue weighted by atomic mass is 35.5. The Morgan fingerprint density at radius 1 is 1.21 bits per heavy atom. The van der Waals surface area contributed by atoms with Crippen LogP contribution in [-0.2, 0) is 0 Å². The second-order valence-corrected chi connectivity index (χ2v) is 6.59. The number of benzene rings is 1. The molecule has 0 aliphatic heterocycles. The van der Waals surface area contributed by atoms with E-state index in [-0.39, 0.29) is 18.1 Å². The number of hydrogen-bond acceptors (Lipinski definition) is 5. The Morgan fingerprint density at radius 2 is 2.00 bits per heavy atom. The summed E-state index contributed by atoms with van der Waals surface area (Å²) in [7, 11) is 0. The molecule has 1 saturated carbocycles. The second-order valence-electron chi connectivity index (χ2n) is 6.15. The molecule has 1 fully saturated rings. The molecule has 0 saturated heterocycles. The highest BCUT2D eigenvalue weighted by molar-refractivity contribution is 6.30. The first-order valence-electron chi connectivity index (χ1n) is 7.84. The molecule has 123 valence electrons. The van der Waals surface area contributed by atoms with E-state index in [2.05, 4.69) is 32.2 Å². The molecule has 0 spiro atoms. The number of H-pyrrole nitrogens is 1. The highest BCUT2D eigenvalue weighted by Crippen LogP contribution is 2.30. The number of nitrogens with zero attached hydrogens (tertiary/aromatic N) is 3. The number of rotatable bonds is 3. The molecule has 2 aromatic heterocycles. The van der Waals surface area contributed by atoms with Gasteiger partial charge in [-0.3, -0.25) is 0 Å². The summed E-state index contributed by atoms with van der Waals surface area (Å²) in [5.74, 6) is 1.43. The number of nitrogens with one attached hydrogen (secondary N) is 2. The molecule has 0 amide bonds. The molecule has 3 N–H and O–H groups in total. The standard InChI is InChI=1S/C17H17ClN5O/c1-9-6-12(7-13(9)24)21-16-14-17(20-8-19-16)23-15(22-14)10-2-4-11(18)5-3-10/h2-5,8-9,12-13,24H,1,6-7H2,(H2,19,20,21,22,23)/t9-,12+,13-/m0/s1. The number of aromatic amines is 1. The molecule has 0 unspecified atom stereocenters. The molecule has 3 aromatic rings. The number of aliphatic hydroxyl groups excluding tert-OH is 1. The molecular weight excluding hydrogens is 326 g/mol. The van der Waals surface area contributed by atoms with Crippen LogP contribution in [0.1, 0.15) is 12.8 Å². The minimum atomic E-state index is -0.372. The zero-order valence-corrected chi connectivity index (χ0v) is 13.7. The second kappa shape index (κ2) is 6.03. The fraction of sp³-hybridized carbons (Fsp3) is 0.294. The summed E-state index contributed by atoms with van der Waals surface area (Å²) in [6.45, 7) is 3.97. The lowest BCUT2D eigenvalue weighted by Gasteiger charge is -2.12. The first-order valence-corrected chi connectivity index (χ1v) is 8.22. The zero-order valence-electron chi connectivity index (χ0n) is 12.9. The highest BCUT2D eigenvalue weighted by Gasteiger charge is 2.30. The van der Waals surface area contributed by atoms with Crippen LogP contribution in [0.2, 0.25) is 5.02 Å². The summed E-state index contributed by atoms with van der Waals surface area (Å²) in [6.07, 6.45) is 2.60. The summed E-state index contributed by atoms with van der Waals surface area (Å²) in [4.78, 5) is 16.4. The van der Waals surface area contributed by atoms with Crippen molar-refractivity contribution < 1.29 is 5.11 Å². The van der Waals surface area contributed by atoms with Crippen LogP contribution in [0.3, 0.4) is 0 Å². The van der Waals surface area contributed by atoms with Gasteiger partial charge < -0.3 is 15.4 Å². The predicted octanol–water partition coefficient (Wildman–Crippen LogP) is 3.06. The van der Waals surface area contributed by atoms with Gasteiger partial charge in [-0.2, -0.15) is 0 Å². The number of aliphatic hydroxyl groups is 1. The van der Waals surface area contributed by atoms with Crippen LogP contribution in [0.25, 0.3) is 22.6 Å². The molecular formula is C17H17ClN5O. The lowest BCUT2D eigenvalue weighted by atomic mass is 10.1. The van der Waals surface area contributed by atoms with Gasteiger partial charge in [0.2, 0.25) is 0 Å². The van der Waals surface area contributed by atoms with Gasteiger partial charge in [0.15, 0.2) is 17.0 Å². The number of halogens is 1. The quantitative estimate of drug-likeness (QED) is 0.681. The lowest BCUT2D eigenvalue weighted by Crippen LogP contribution is -2.17. The Balaban J connectivity index is 1.66. The number of imidazole rings is 1. The molecule has 24 heavy (non-hydrogen) atoms. The van der Waals surface area contributed by atoms with Crippen molar-refractivity contribution in [3.63, 3.8) is 0 Å². The van der Waals surface area contributed by atoms with Gasteiger partial charge >= 0.3 is 0 Å².